The van der Waals surface area contributed by atoms with E-state index in [9.17, 15) is 8.42 Å². The van der Waals surface area contributed by atoms with Gasteiger partial charge in [-0.2, -0.15) is 0 Å². The highest BCUT2D eigenvalue weighted by molar-refractivity contribution is 7.90. The van der Waals surface area contributed by atoms with Crippen LogP contribution in [0.3, 0.4) is 0 Å². The molecule has 1 aromatic heterocycles. The molecular formula is C22H28N2O2S. The highest BCUT2D eigenvalue weighted by atomic mass is 32.2. The van der Waals surface area contributed by atoms with Crippen LogP contribution in [0.1, 0.15) is 19.5 Å². The third-order valence-corrected chi connectivity index (χ3v) is 5.24. The minimum absolute atomic E-state index is 0.334. The van der Waals surface area contributed by atoms with Crippen molar-refractivity contribution in [3.8, 4) is 22.4 Å². The lowest BCUT2D eigenvalue weighted by molar-refractivity contribution is 0.602. The molecule has 3 rings (SSSR count). The number of aromatic amines is 1. The zero-order chi connectivity index (χ0) is 19.9. The molecule has 0 unspecified atom stereocenters. The smallest absolute Gasteiger partial charge is 0.175 e. The Morgan fingerprint density at radius 2 is 1.48 bits per heavy atom. The molecular weight excluding hydrogens is 356 g/mol. The Bertz CT molecular complexity index is 942. The highest BCUT2D eigenvalue weighted by Gasteiger charge is 2.12. The summed E-state index contributed by atoms with van der Waals surface area (Å²) in [6.45, 7) is 8.40. The maximum absolute atomic E-state index is 11.6. The first-order valence-corrected chi connectivity index (χ1v) is 11.0. The molecule has 0 amide bonds. The largest absolute Gasteiger partial charge is 0.358 e. The van der Waals surface area contributed by atoms with Crippen molar-refractivity contribution in [2.75, 3.05) is 19.3 Å². The number of rotatable bonds is 5. The zero-order valence-electron chi connectivity index (χ0n) is 16.4. The third kappa shape index (κ3) is 5.81. The average Bonchev–Trinajstić information content (AvgIpc) is 3.05. The van der Waals surface area contributed by atoms with Gasteiger partial charge in [-0.25, -0.2) is 8.42 Å². The van der Waals surface area contributed by atoms with E-state index in [-0.39, 0.29) is 0 Å². The molecule has 27 heavy (non-hydrogen) atoms. The molecule has 1 heterocycles. The van der Waals surface area contributed by atoms with E-state index in [4.69, 9.17) is 0 Å². The third-order valence-electron chi connectivity index (χ3n) is 4.11. The van der Waals surface area contributed by atoms with Gasteiger partial charge in [0.2, 0.25) is 0 Å². The van der Waals surface area contributed by atoms with Crippen molar-refractivity contribution in [2.45, 2.75) is 25.7 Å². The van der Waals surface area contributed by atoms with Crippen molar-refractivity contribution in [3.63, 3.8) is 0 Å². The number of hydrogen-bond donors (Lipinski definition) is 2. The molecule has 2 aromatic carbocycles. The van der Waals surface area contributed by atoms with Gasteiger partial charge in [-0.15, -0.1) is 0 Å². The van der Waals surface area contributed by atoms with Crippen LogP contribution in [0.4, 0.5) is 0 Å². The van der Waals surface area contributed by atoms with Gasteiger partial charge in [0.05, 0.1) is 10.6 Å². The second-order valence-electron chi connectivity index (χ2n) is 6.36. The SMILES string of the molecule is CCNCC.Cc1cc(-c2ccccc2)c(-c2ccc(S(C)(=O)=O)cc2)[nH]1. The van der Waals surface area contributed by atoms with Crippen molar-refractivity contribution < 1.29 is 8.42 Å². The lowest BCUT2D eigenvalue weighted by atomic mass is 10.0. The second kappa shape index (κ2) is 9.53. The molecule has 0 aliphatic carbocycles. The molecule has 0 aliphatic heterocycles. The fourth-order valence-electron chi connectivity index (χ4n) is 2.78. The normalized spacial score (nSPS) is 11.0. The Morgan fingerprint density at radius 3 is 1.96 bits per heavy atom. The Balaban J connectivity index is 0.000000465. The highest BCUT2D eigenvalue weighted by Crippen LogP contribution is 2.32. The minimum Gasteiger partial charge on any atom is -0.358 e. The van der Waals surface area contributed by atoms with Crippen molar-refractivity contribution in [1.29, 1.82) is 0 Å². The summed E-state index contributed by atoms with van der Waals surface area (Å²) in [6.07, 6.45) is 1.22. The van der Waals surface area contributed by atoms with Gasteiger partial charge in [0.1, 0.15) is 0 Å². The van der Waals surface area contributed by atoms with Gasteiger partial charge in [-0.1, -0.05) is 56.3 Å². The van der Waals surface area contributed by atoms with E-state index in [1.165, 1.54) is 6.26 Å². The van der Waals surface area contributed by atoms with E-state index < -0.39 is 9.84 Å². The molecule has 0 saturated heterocycles. The van der Waals surface area contributed by atoms with Crippen LogP contribution in [0, 0.1) is 6.92 Å². The fourth-order valence-corrected chi connectivity index (χ4v) is 3.41. The summed E-state index contributed by atoms with van der Waals surface area (Å²) in [6, 6.07) is 19.2. The monoisotopic (exact) mass is 384 g/mol. The topological polar surface area (TPSA) is 62.0 Å². The maximum atomic E-state index is 11.6. The Hall–Kier alpha value is -2.37. The average molecular weight is 385 g/mol. The maximum Gasteiger partial charge on any atom is 0.175 e. The number of H-pyrrole nitrogens is 1. The molecule has 0 aliphatic rings. The van der Waals surface area contributed by atoms with E-state index in [0.717, 1.165) is 41.2 Å². The van der Waals surface area contributed by atoms with Crippen LogP contribution in [0.25, 0.3) is 22.4 Å². The predicted octanol–water partition coefficient (Wildman–Crippen LogP) is 4.68. The van der Waals surface area contributed by atoms with Gasteiger partial charge in [0, 0.05) is 17.5 Å². The zero-order valence-corrected chi connectivity index (χ0v) is 17.2. The van der Waals surface area contributed by atoms with Crippen LogP contribution in [-0.4, -0.2) is 32.7 Å². The minimum atomic E-state index is -3.17. The van der Waals surface area contributed by atoms with Gasteiger partial charge < -0.3 is 10.3 Å². The lowest BCUT2D eigenvalue weighted by Gasteiger charge is -2.06. The van der Waals surface area contributed by atoms with Crippen LogP contribution in [-0.2, 0) is 9.84 Å². The van der Waals surface area contributed by atoms with Gasteiger partial charge in [0.15, 0.2) is 9.84 Å². The number of nitrogens with one attached hydrogen (secondary N) is 2. The van der Waals surface area contributed by atoms with Gasteiger partial charge in [-0.05, 0) is 49.3 Å². The van der Waals surface area contributed by atoms with E-state index in [0.29, 0.717) is 4.90 Å². The Labute approximate surface area is 162 Å². The molecule has 0 radical (unpaired) electrons. The first-order chi connectivity index (χ1) is 12.9. The first kappa shape index (κ1) is 20.9. The number of aryl methyl sites for hydroxylation is 1. The molecule has 4 nitrogen and oxygen atoms in total. The molecule has 0 fully saturated rings. The van der Waals surface area contributed by atoms with Gasteiger partial charge >= 0.3 is 0 Å². The van der Waals surface area contributed by atoms with Crippen molar-refractivity contribution in [1.82, 2.24) is 10.3 Å². The van der Waals surface area contributed by atoms with Gasteiger partial charge in [-0.3, -0.25) is 0 Å². The predicted molar refractivity (Wildman–Crippen MR) is 114 cm³/mol. The molecule has 144 valence electrons. The Morgan fingerprint density at radius 1 is 0.889 bits per heavy atom. The summed E-state index contributed by atoms with van der Waals surface area (Å²) >= 11 is 0. The number of aromatic nitrogens is 1. The van der Waals surface area contributed by atoms with Crippen molar-refractivity contribution in [2.24, 2.45) is 0 Å². The summed E-state index contributed by atoms with van der Waals surface area (Å²) in [5, 5.41) is 3.11. The summed E-state index contributed by atoms with van der Waals surface area (Å²) in [5.74, 6) is 0. The van der Waals surface area contributed by atoms with E-state index in [1.54, 1.807) is 12.1 Å². The van der Waals surface area contributed by atoms with E-state index in [2.05, 4.69) is 42.3 Å². The number of benzene rings is 2. The lowest BCUT2D eigenvalue weighted by Crippen LogP contribution is -2.09. The summed E-state index contributed by atoms with van der Waals surface area (Å²) in [5.41, 5.74) is 5.29. The molecule has 0 saturated carbocycles. The molecule has 0 spiro atoms. The Kier molecular flexibility index (Phi) is 7.39. The fraction of sp³-hybridized carbons (Fsp3) is 0.273. The molecule has 0 atom stereocenters. The summed E-state index contributed by atoms with van der Waals surface area (Å²) in [7, 11) is -3.17. The van der Waals surface area contributed by atoms with Crippen molar-refractivity contribution >= 4 is 9.84 Å². The van der Waals surface area contributed by atoms with E-state index in [1.807, 2.05) is 37.3 Å². The molecule has 0 bridgehead atoms. The summed E-state index contributed by atoms with van der Waals surface area (Å²) in [4.78, 5) is 3.70. The van der Waals surface area contributed by atoms with Crippen LogP contribution >= 0.6 is 0 Å². The molecule has 5 heteroatoms. The quantitative estimate of drug-likeness (QED) is 0.671. The molecule has 2 N–H and O–H groups in total. The van der Waals surface area contributed by atoms with E-state index >= 15 is 0 Å². The number of sulfone groups is 1. The van der Waals surface area contributed by atoms with Crippen molar-refractivity contribution in [3.05, 3.63) is 66.4 Å². The first-order valence-electron chi connectivity index (χ1n) is 9.13. The van der Waals surface area contributed by atoms with Crippen LogP contribution in [0.5, 0.6) is 0 Å². The van der Waals surface area contributed by atoms with Crippen LogP contribution < -0.4 is 5.32 Å². The standard InChI is InChI=1S/C18H17NO2S.C4H11N/c1-13-12-17(14-6-4-3-5-7-14)18(19-13)15-8-10-16(11-9-15)22(2,20)21;1-3-5-4-2/h3-12,19H,1-2H3;5H,3-4H2,1-2H3. The molecule has 3 aromatic rings. The second-order valence-corrected chi connectivity index (χ2v) is 8.38. The number of hydrogen-bond acceptors (Lipinski definition) is 3. The summed E-state index contributed by atoms with van der Waals surface area (Å²) < 4.78 is 23.1. The van der Waals surface area contributed by atoms with Crippen LogP contribution in [0.15, 0.2) is 65.6 Å². The van der Waals surface area contributed by atoms with Crippen LogP contribution in [0.2, 0.25) is 0 Å². The van der Waals surface area contributed by atoms with Gasteiger partial charge in [0.25, 0.3) is 0 Å².